The van der Waals surface area contributed by atoms with E-state index < -0.39 is 10.0 Å². The number of carbonyl (C=O) groups excluding carboxylic acids is 1. The van der Waals surface area contributed by atoms with Gasteiger partial charge in [0.15, 0.2) is 0 Å². The van der Waals surface area contributed by atoms with E-state index in [1.54, 1.807) is 18.5 Å². The summed E-state index contributed by atoms with van der Waals surface area (Å²) in [6.45, 7) is 4.91. The molecule has 1 aliphatic rings. The first-order valence-corrected chi connectivity index (χ1v) is 10.2. The standard InChI is InChI=1S/C18H24N4O3S/c1-14-18(26(24,25)21-11-6-7-12-21)15(2)22(20-14)13-10-17(23)19-16-8-4-3-5-9-16/h3-5,8-9H,6-7,10-13H2,1-2H3,(H,19,23). The van der Waals surface area contributed by atoms with E-state index in [1.807, 2.05) is 30.3 Å². The molecule has 0 atom stereocenters. The summed E-state index contributed by atoms with van der Waals surface area (Å²) in [6, 6.07) is 9.23. The number of aromatic nitrogens is 2. The van der Waals surface area contributed by atoms with Crippen LogP contribution in [0, 0.1) is 13.8 Å². The highest BCUT2D eigenvalue weighted by molar-refractivity contribution is 7.89. The maximum absolute atomic E-state index is 12.9. The van der Waals surface area contributed by atoms with Crippen molar-refractivity contribution in [3.63, 3.8) is 0 Å². The Morgan fingerprint density at radius 2 is 1.81 bits per heavy atom. The molecule has 0 spiro atoms. The second kappa shape index (κ2) is 7.59. The summed E-state index contributed by atoms with van der Waals surface area (Å²) in [7, 11) is -3.52. The molecule has 1 amide bonds. The minimum absolute atomic E-state index is 0.132. The van der Waals surface area contributed by atoms with Gasteiger partial charge in [-0.25, -0.2) is 8.42 Å². The van der Waals surface area contributed by atoms with Crippen LogP contribution >= 0.6 is 0 Å². The molecule has 1 N–H and O–H groups in total. The maximum Gasteiger partial charge on any atom is 0.246 e. The quantitative estimate of drug-likeness (QED) is 0.838. The number of sulfonamides is 1. The molecule has 7 nitrogen and oxygen atoms in total. The van der Waals surface area contributed by atoms with Crippen molar-refractivity contribution in [2.45, 2.75) is 44.6 Å². The number of para-hydroxylation sites is 1. The monoisotopic (exact) mass is 376 g/mol. The van der Waals surface area contributed by atoms with Gasteiger partial charge in [0.25, 0.3) is 0 Å². The molecule has 1 aliphatic heterocycles. The van der Waals surface area contributed by atoms with Gasteiger partial charge < -0.3 is 5.32 Å². The Labute approximate surface area is 154 Å². The zero-order chi connectivity index (χ0) is 18.7. The fraction of sp³-hybridized carbons (Fsp3) is 0.444. The average molecular weight is 376 g/mol. The smallest absolute Gasteiger partial charge is 0.246 e. The van der Waals surface area contributed by atoms with Crippen LogP contribution in [0.2, 0.25) is 0 Å². The Kier molecular flexibility index (Phi) is 5.43. The van der Waals surface area contributed by atoms with Gasteiger partial charge in [0.2, 0.25) is 15.9 Å². The summed E-state index contributed by atoms with van der Waals surface area (Å²) in [6.07, 6.45) is 2.01. The fourth-order valence-electron chi connectivity index (χ4n) is 3.28. The van der Waals surface area contributed by atoms with Crippen molar-refractivity contribution in [1.82, 2.24) is 14.1 Å². The minimum Gasteiger partial charge on any atom is -0.326 e. The molecular weight excluding hydrogens is 352 g/mol. The van der Waals surface area contributed by atoms with Gasteiger partial charge in [-0.3, -0.25) is 9.48 Å². The molecule has 1 aromatic carbocycles. The Bertz CT molecular complexity index is 885. The molecular formula is C18H24N4O3S. The van der Waals surface area contributed by atoms with Crippen LogP contribution in [0.15, 0.2) is 35.2 Å². The molecule has 0 bridgehead atoms. The van der Waals surface area contributed by atoms with Crippen LogP contribution in [0.4, 0.5) is 5.69 Å². The number of hydrogen-bond acceptors (Lipinski definition) is 4. The zero-order valence-electron chi connectivity index (χ0n) is 15.1. The van der Waals surface area contributed by atoms with Crippen LogP contribution in [0.25, 0.3) is 0 Å². The summed E-state index contributed by atoms with van der Waals surface area (Å²) in [5.41, 5.74) is 1.81. The third-order valence-corrected chi connectivity index (χ3v) is 6.74. The van der Waals surface area contributed by atoms with E-state index in [1.165, 1.54) is 4.31 Å². The molecule has 8 heteroatoms. The number of amides is 1. The molecule has 0 unspecified atom stereocenters. The molecule has 1 saturated heterocycles. The molecule has 2 heterocycles. The second-order valence-electron chi connectivity index (χ2n) is 6.50. The number of nitrogens with one attached hydrogen (secondary N) is 1. The number of anilines is 1. The first-order chi connectivity index (χ1) is 12.4. The molecule has 0 saturated carbocycles. The van der Waals surface area contributed by atoms with E-state index in [4.69, 9.17) is 0 Å². The van der Waals surface area contributed by atoms with Crippen LogP contribution in [0.1, 0.15) is 30.7 Å². The summed E-state index contributed by atoms with van der Waals surface area (Å²) in [5, 5.41) is 7.18. The second-order valence-corrected chi connectivity index (χ2v) is 8.37. The van der Waals surface area contributed by atoms with Gasteiger partial charge in [0.05, 0.1) is 17.9 Å². The van der Waals surface area contributed by atoms with Crippen LogP contribution in [-0.4, -0.2) is 41.5 Å². The highest BCUT2D eigenvalue weighted by Crippen LogP contribution is 2.26. The lowest BCUT2D eigenvalue weighted by molar-refractivity contribution is -0.116. The number of rotatable bonds is 6. The highest BCUT2D eigenvalue weighted by Gasteiger charge is 2.32. The Hall–Kier alpha value is -2.19. The summed E-state index contributed by atoms with van der Waals surface area (Å²) < 4.78 is 28.9. The predicted molar refractivity (Wildman–Crippen MR) is 99.4 cm³/mol. The number of hydrogen-bond donors (Lipinski definition) is 1. The van der Waals surface area contributed by atoms with Gasteiger partial charge in [-0.05, 0) is 38.8 Å². The predicted octanol–water partition coefficient (Wildman–Crippen LogP) is 2.31. The topological polar surface area (TPSA) is 84.3 Å². The molecule has 140 valence electrons. The Morgan fingerprint density at radius 3 is 2.46 bits per heavy atom. The lowest BCUT2D eigenvalue weighted by atomic mass is 10.3. The summed E-state index contributed by atoms with van der Waals surface area (Å²) >= 11 is 0. The fourth-order valence-corrected chi connectivity index (χ4v) is 5.17. The molecule has 0 aliphatic carbocycles. The highest BCUT2D eigenvalue weighted by atomic mass is 32.2. The van der Waals surface area contributed by atoms with Gasteiger partial charge in [-0.1, -0.05) is 18.2 Å². The van der Waals surface area contributed by atoms with E-state index in [0.29, 0.717) is 31.0 Å². The van der Waals surface area contributed by atoms with Crippen LogP contribution in [-0.2, 0) is 21.4 Å². The van der Waals surface area contributed by atoms with Crippen molar-refractivity contribution in [2.24, 2.45) is 0 Å². The zero-order valence-corrected chi connectivity index (χ0v) is 15.9. The van der Waals surface area contributed by atoms with Gasteiger partial charge >= 0.3 is 0 Å². The third kappa shape index (κ3) is 3.81. The first kappa shape index (κ1) is 18.6. The largest absolute Gasteiger partial charge is 0.326 e. The Balaban J connectivity index is 1.71. The number of carbonyl (C=O) groups is 1. The van der Waals surface area contributed by atoms with Crippen molar-refractivity contribution in [1.29, 1.82) is 0 Å². The van der Waals surface area contributed by atoms with E-state index in [0.717, 1.165) is 18.5 Å². The van der Waals surface area contributed by atoms with E-state index in [2.05, 4.69) is 10.4 Å². The van der Waals surface area contributed by atoms with Gasteiger partial charge in [0, 0.05) is 25.2 Å². The van der Waals surface area contributed by atoms with Crippen molar-refractivity contribution < 1.29 is 13.2 Å². The molecule has 1 fully saturated rings. The average Bonchev–Trinajstić information content (AvgIpc) is 3.23. The number of benzene rings is 1. The minimum atomic E-state index is -3.52. The Morgan fingerprint density at radius 1 is 1.15 bits per heavy atom. The van der Waals surface area contributed by atoms with Gasteiger partial charge in [-0.2, -0.15) is 9.40 Å². The van der Waals surface area contributed by atoms with Crippen molar-refractivity contribution in [2.75, 3.05) is 18.4 Å². The number of aryl methyl sites for hydroxylation is 2. The molecule has 3 rings (SSSR count). The summed E-state index contributed by atoms with van der Waals surface area (Å²) in [5.74, 6) is -0.132. The summed E-state index contributed by atoms with van der Waals surface area (Å²) in [4.78, 5) is 12.4. The lowest BCUT2D eigenvalue weighted by Gasteiger charge is -2.15. The van der Waals surface area contributed by atoms with Crippen molar-refractivity contribution in [3.05, 3.63) is 41.7 Å². The van der Waals surface area contributed by atoms with Crippen LogP contribution < -0.4 is 5.32 Å². The van der Waals surface area contributed by atoms with Crippen LogP contribution in [0.5, 0.6) is 0 Å². The number of nitrogens with zero attached hydrogens (tertiary/aromatic N) is 3. The van der Waals surface area contributed by atoms with Crippen molar-refractivity contribution in [3.8, 4) is 0 Å². The maximum atomic E-state index is 12.9. The third-order valence-electron chi connectivity index (χ3n) is 4.59. The van der Waals surface area contributed by atoms with Gasteiger partial charge in [-0.15, -0.1) is 0 Å². The van der Waals surface area contributed by atoms with Crippen molar-refractivity contribution >= 4 is 21.6 Å². The molecule has 26 heavy (non-hydrogen) atoms. The van der Waals surface area contributed by atoms with E-state index in [9.17, 15) is 13.2 Å². The molecule has 0 radical (unpaired) electrons. The SMILES string of the molecule is Cc1nn(CCC(=O)Nc2ccccc2)c(C)c1S(=O)(=O)N1CCCC1. The molecule has 2 aromatic rings. The first-order valence-electron chi connectivity index (χ1n) is 8.78. The van der Waals surface area contributed by atoms with E-state index >= 15 is 0 Å². The van der Waals surface area contributed by atoms with Gasteiger partial charge in [0.1, 0.15) is 4.90 Å². The molecule has 1 aromatic heterocycles. The van der Waals surface area contributed by atoms with E-state index in [-0.39, 0.29) is 17.2 Å². The lowest BCUT2D eigenvalue weighted by Crippen LogP contribution is -2.28. The normalized spacial score (nSPS) is 15.3. The van der Waals surface area contributed by atoms with Crippen LogP contribution in [0.3, 0.4) is 0 Å².